The molecule has 0 aliphatic rings. The highest BCUT2D eigenvalue weighted by molar-refractivity contribution is 7.90. The molecule has 2 amide bonds. The van der Waals surface area contributed by atoms with Gasteiger partial charge in [-0.2, -0.15) is 5.10 Å². The molecule has 0 bridgehead atoms. The van der Waals surface area contributed by atoms with Crippen LogP contribution in [0.15, 0.2) is 65.6 Å². The monoisotopic (exact) mass is 383 g/mol. The third kappa shape index (κ3) is 4.85. The van der Waals surface area contributed by atoms with Crippen molar-refractivity contribution in [2.45, 2.75) is 17.6 Å². The van der Waals surface area contributed by atoms with Gasteiger partial charge in [-0.15, -0.1) is 5.10 Å². The number of nitrogens with zero attached hydrogens (tertiary/aromatic N) is 3. The Morgan fingerprint density at radius 1 is 0.926 bits per heavy atom. The summed E-state index contributed by atoms with van der Waals surface area (Å²) in [6.07, 6.45) is 0. The molecule has 0 spiro atoms. The average molecular weight is 383 g/mol. The van der Waals surface area contributed by atoms with Crippen molar-refractivity contribution in [3.8, 4) is 0 Å². The molecule has 8 nitrogen and oxygen atoms in total. The third-order valence-corrected chi connectivity index (χ3v) is 5.28. The summed E-state index contributed by atoms with van der Waals surface area (Å²) in [5.41, 5.74) is 1.20. The summed E-state index contributed by atoms with van der Waals surface area (Å²) in [6.45, 7) is 1.61. The first-order chi connectivity index (χ1) is 12.9. The summed E-state index contributed by atoms with van der Waals surface area (Å²) < 4.78 is 25.1. The van der Waals surface area contributed by atoms with Crippen molar-refractivity contribution in [1.82, 2.24) is 15.2 Å². The van der Waals surface area contributed by atoms with E-state index in [-0.39, 0.29) is 22.3 Å². The van der Waals surface area contributed by atoms with Crippen molar-refractivity contribution in [2.24, 2.45) is 0 Å². The molecule has 0 unspecified atom stereocenters. The first kappa shape index (κ1) is 18.5. The van der Waals surface area contributed by atoms with Crippen LogP contribution in [0.1, 0.15) is 11.4 Å². The molecular formula is C18H17N5O3S. The maximum Gasteiger partial charge on any atom is 0.326 e. The van der Waals surface area contributed by atoms with E-state index < -0.39 is 15.9 Å². The average Bonchev–Trinajstić information content (AvgIpc) is 2.66. The van der Waals surface area contributed by atoms with Gasteiger partial charge in [0.05, 0.1) is 22.0 Å². The Bertz CT molecular complexity index is 1040. The van der Waals surface area contributed by atoms with E-state index in [1.165, 1.54) is 12.1 Å². The number of benzene rings is 2. The summed E-state index contributed by atoms with van der Waals surface area (Å²) in [7, 11) is -3.59. The Balaban J connectivity index is 1.75. The van der Waals surface area contributed by atoms with Gasteiger partial charge >= 0.3 is 6.03 Å². The van der Waals surface area contributed by atoms with Gasteiger partial charge in [-0.1, -0.05) is 36.4 Å². The summed E-state index contributed by atoms with van der Waals surface area (Å²) in [5.74, 6) is -0.417. The van der Waals surface area contributed by atoms with Crippen molar-refractivity contribution in [3.05, 3.63) is 72.1 Å². The number of hydrogen-bond acceptors (Lipinski definition) is 6. The number of rotatable bonds is 5. The lowest BCUT2D eigenvalue weighted by Crippen LogP contribution is -2.22. The predicted octanol–water partition coefficient (Wildman–Crippen LogP) is 2.80. The van der Waals surface area contributed by atoms with E-state index in [4.69, 9.17) is 0 Å². The largest absolute Gasteiger partial charge is 0.326 e. The van der Waals surface area contributed by atoms with E-state index >= 15 is 0 Å². The van der Waals surface area contributed by atoms with Crippen LogP contribution in [-0.4, -0.2) is 29.6 Å². The van der Waals surface area contributed by atoms with Crippen LogP contribution in [0.25, 0.3) is 0 Å². The van der Waals surface area contributed by atoms with Gasteiger partial charge in [-0.05, 0) is 31.2 Å². The van der Waals surface area contributed by atoms with Gasteiger partial charge in [0.15, 0.2) is 9.84 Å². The van der Waals surface area contributed by atoms with Gasteiger partial charge < -0.3 is 5.32 Å². The fraction of sp³-hybridized carbons (Fsp3) is 0.111. The molecule has 0 saturated heterocycles. The number of urea groups is 1. The van der Waals surface area contributed by atoms with Gasteiger partial charge in [0.25, 0.3) is 5.95 Å². The van der Waals surface area contributed by atoms with Crippen LogP contribution in [0, 0.1) is 6.92 Å². The Hall–Kier alpha value is -3.33. The second kappa shape index (κ2) is 7.92. The third-order valence-electron chi connectivity index (χ3n) is 3.64. The fourth-order valence-electron chi connectivity index (χ4n) is 2.28. The number of sulfone groups is 1. The number of carbonyl (C=O) groups is 1. The Labute approximate surface area is 156 Å². The molecule has 138 valence electrons. The molecule has 3 rings (SSSR count). The van der Waals surface area contributed by atoms with Gasteiger partial charge in [-0.25, -0.2) is 18.2 Å². The number of aromatic nitrogens is 3. The van der Waals surface area contributed by atoms with E-state index in [1.807, 2.05) is 6.07 Å². The first-order valence-corrected chi connectivity index (χ1v) is 9.70. The molecule has 0 saturated carbocycles. The second-order valence-electron chi connectivity index (χ2n) is 5.68. The van der Waals surface area contributed by atoms with E-state index in [1.54, 1.807) is 49.4 Å². The summed E-state index contributed by atoms with van der Waals surface area (Å²) in [4.78, 5) is 16.4. The molecule has 27 heavy (non-hydrogen) atoms. The van der Waals surface area contributed by atoms with Crippen LogP contribution in [0.2, 0.25) is 0 Å². The maximum absolute atomic E-state index is 12.5. The van der Waals surface area contributed by atoms with Crippen LogP contribution >= 0.6 is 0 Å². The number of anilines is 2. The molecule has 1 aromatic heterocycles. The predicted molar refractivity (Wildman–Crippen MR) is 101 cm³/mol. The lowest BCUT2D eigenvalue weighted by molar-refractivity contribution is 0.262. The molecular weight excluding hydrogens is 366 g/mol. The second-order valence-corrected chi connectivity index (χ2v) is 7.67. The SMILES string of the molecule is Cc1nnc(NC(=O)Nc2ccccc2)nc1CS(=O)(=O)c1ccccc1. The Morgan fingerprint density at radius 3 is 2.22 bits per heavy atom. The first-order valence-electron chi connectivity index (χ1n) is 8.05. The highest BCUT2D eigenvalue weighted by Crippen LogP contribution is 2.17. The van der Waals surface area contributed by atoms with Gasteiger partial charge in [0, 0.05) is 5.69 Å². The van der Waals surface area contributed by atoms with Gasteiger partial charge in [0.2, 0.25) is 0 Å². The molecule has 0 radical (unpaired) electrons. The molecule has 3 aromatic rings. The minimum absolute atomic E-state index is 0.0766. The highest BCUT2D eigenvalue weighted by Gasteiger charge is 2.19. The number of amides is 2. The molecule has 0 aliphatic heterocycles. The van der Waals surface area contributed by atoms with Crippen molar-refractivity contribution < 1.29 is 13.2 Å². The van der Waals surface area contributed by atoms with Crippen LogP contribution < -0.4 is 10.6 Å². The zero-order valence-corrected chi connectivity index (χ0v) is 15.3. The van der Waals surface area contributed by atoms with E-state index in [9.17, 15) is 13.2 Å². The lowest BCUT2D eigenvalue weighted by atomic mass is 10.3. The highest BCUT2D eigenvalue weighted by atomic mass is 32.2. The molecule has 2 aromatic carbocycles. The maximum atomic E-state index is 12.5. The van der Waals surface area contributed by atoms with Gasteiger partial charge in [-0.3, -0.25) is 5.32 Å². The standard InChI is InChI=1S/C18H17N5O3S/c1-13-16(12-27(25,26)15-10-6-3-7-11-15)20-17(23-22-13)21-18(24)19-14-8-4-2-5-9-14/h2-11H,12H2,1H3,(H2,19,20,21,23,24). The Morgan fingerprint density at radius 2 is 1.56 bits per heavy atom. The fourth-order valence-corrected chi connectivity index (χ4v) is 3.65. The lowest BCUT2D eigenvalue weighted by Gasteiger charge is -2.09. The zero-order chi connectivity index (χ0) is 19.3. The number of aryl methyl sites for hydroxylation is 1. The van der Waals surface area contributed by atoms with Crippen LogP contribution in [0.4, 0.5) is 16.4 Å². The van der Waals surface area contributed by atoms with Crippen LogP contribution in [-0.2, 0) is 15.6 Å². The van der Waals surface area contributed by atoms with E-state index in [0.717, 1.165) is 0 Å². The van der Waals surface area contributed by atoms with E-state index in [0.29, 0.717) is 11.4 Å². The summed E-state index contributed by atoms with van der Waals surface area (Å²) in [5, 5.41) is 12.8. The van der Waals surface area contributed by atoms with Crippen molar-refractivity contribution in [1.29, 1.82) is 0 Å². The van der Waals surface area contributed by atoms with Crippen LogP contribution in [0.5, 0.6) is 0 Å². The minimum Gasteiger partial charge on any atom is -0.308 e. The number of hydrogen-bond donors (Lipinski definition) is 2. The van der Waals surface area contributed by atoms with Crippen molar-refractivity contribution in [2.75, 3.05) is 10.6 Å². The topological polar surface area (TPSA) is 114 Å². The molecule has 0 atom stereocenters. The smallest absolute Gasteiger partial charge is 0.308 e. The molecule has 0 fully saturated rings. The number of para-hydroxylation sites is 1. The minimum atomic E-state index is -3.59. The normalized spacial score (nSPS) is 11.0. The zero-order valence-electron chi connectivity index (χ0n) is 14.5. The molecule has 0 aliphatic carbocycles. The quantitative estimate of drug-likeness (QED) is 0.700. The summed E-state index contributed by atoms with van der Waals surface area (Å²) in [6, 6.07) is 16.4. The number of nitrogens with one attached hydrogen (secondary N) is 2. The summed E-state index contributed by atoms with van der Waals surface area (Å²) >= 11 is 0. The molecule has 2 N–H and O–H groups in total. The number of carbonyl (C=O) groups excluding carboxylic acids is 1. The van der Waals surface area contributed by atoms with Crippen LogP contribution in [0.3, 0.4) is 0 Å². The van der Waals surface area contributed by atoms with Crippen molar-refractivity contribution >= 4 is 27.5 Å². The molecule has 1 heterocycles. The van der Waals surface area contributed by atoms with E-state index in [2.05, 4.69) is 25.8 Å². The van der Waals surface area contributed by atoms with Gasteiger partial charge in [0.1, 0.15) is 0 Å². The van der Waals surface area contributed by atoms with Crippen molar-refractivity contribution in [3.63, 3.8) is 0 Å². The molecule has 9 heteroatoms. The Kier molecular flexibility index (Phi) is 5.41.